The van der Waals surface area contributed by atoms with Crippen LogP contribution in [0.1, 0.15) is 76.8 Å². The molecule has 0 heterocycles. The molecule has 1 aromatic carbocycles. The number of thiocarbonyl (C=S) groups is 1. The lowest BCUT2D eigenvalue weighted by molar-refractivity contribution is -0.122. The molecule has 8 nitrogen and oxygen atoms in total. The summed E-state index contributed by atoms with van der Waals surface area (Å²) in [5, 5.41) is 11.5. The minimum Gasteiger partial charge on any atom is -0.382 e. The Hall–Kier alpha value is -2.81. The van der Waals surface area contributed by atoms with E-state index in [0.29, 0.717) is 38.9 Å². The summed E-state index contributed by atoms with van der Waals surface area (Å²) in [6.07, 6.45) is 6.03. The van der Waals surface area contributed by atoms with Crippen molar-refractivity contribution >= 4 is 40.7 Å². The third-order valence-corrected chi connectivity index (χ3v) is 6.76. The zero-order chi connectivity index (χ0) is 27.7. The summed E-state index contributed by atoms with van der Waals surface area (Å²) in [6.45, 7) is 6.15. The van der Waals surface area contributed by atoms with E-state index in [9.17, 15) is 19.2 Å². The Morgan fingerprint density at radius 2 is 1.08 bits per heavy atom. The van der Waals surface area contributed by atoms with Gasteiger partial charge in [0, 0.05) is 66.7 Å². The highest BCUT2D eigenvalue weighted by Gasteiger charge is 2.31. The summed E-state index contributed by atoms with van der Waals surface area (Å²) in [6, 6.07) is 7.98. The Labute approximate surface area is 227 Å². The lowest BCUT2D eigenvalue weighted by Crippen LogP contribution is -2.31. The molecule has 206 valence electrons. The number of likely N-dealkylation sites (N-methyl/N-ethyl adjacent to an activating group) is 1. The summed E-state index contributed by atoms with van der Waals surface area (Å²) < 4.78 is 0. The molecule has 9 heteroatoms. The average Bonchev–Trinajstić information content (AvgIpc) is 2.83. The summed E-state index contributed by atoms with van der Waals surface area (Å²) in [4.78, 5) is 48.1. The standard InChI is InChI=1S/C28H44N4O4S/c1-21(33)30-15-5-12-28(13-6-16-31-22(2)34,14-7-17-32-23(3)35)20-26(36)18-24-8-10-25(11-9-24)19-27(37)29-4/h8-11H,5-7,12-20H2,1-4H3,(H,29,37)(H,30,33)(H,31,34)(H,32,35). The molecule has 0 saturated carbocycles. The zero-order valence-corrected chi connectivity index (χ0v) is 23.7. The Balaban J connectivity index is 2.95. The first-order valence-electron chi connectivity index (χ1n) is 13.1. The first kappa shape index (κ1) is 32.2. The summed E-state index contributed by atoms with van der Waals surface area (Å²) >= 11 is 5.24. The van der Waals surface area contributed by atoms with E-state index in [4.69, 9.17) is 12.2 Å². The second-order valence-electron chi connectivity index (χ2n) is 9.82. The maximum Gasteiger partial charge on any atom is 0.216 e. The third-order valence-electron chi connectivity index (χ3n) is 6.41. The molecule has 0 radical (unpaired) electrons. The molecule has 0 bridgehead atoms. The van der Waals surface area contributed by atoms with Crippen molar-refractivity contribution in [3.8, 4) is 0 Å². The van der Waals surface area contributed by atoms with Gasteiger partial charge < -0.3 is 21.3 Å². The molecule has 37 heavy (non-hydrogen) atoms. The van der Waals surface area contributed by atoms with Crippen molar-refractivity contribution in [2.24, 2.45) is 5.41 Å². The molecule has 0 spiro atoms. The fraction of sp³-hybridized carbons (Fsp3) is 0.607. The fourth-order valence-electron chi connectivity index (χ4n) is 4.58. The number of carbonyl (C=O) groups is 4. The number of hydrogen-bond acceptors (Lipinski definition) is 5. The maximum atomic E-state index is 13.3. The molecule has 1 aromatic rings. The molecule has 0 saturated heterocycles. The second kappa shape index (κ2) is 17.6. The van der Waals surface area contributed by atoms with Gasteiger partial charge in [0.15, 0.2) is 0 Å². The van der Waals surface area contributed by atoms with Crippen LogP contribution in [0.15, 0.2) is 24.3 Å². The highest BCUT2D eigenvalue weighted by molar-refractivity contribution is 7.80. The number of Topliss-reactive ketones (excluding diaryl/α,β-unsaturated/α-hetero) is 1. The van der Waals surface area contributed by atoms with Gasteiger partial charge in [-0.3, -0.25) is 19.2 Å². The van der Waals surface area contributed by atoms with Crippen molar-refractivity contribution in [2.45, 2.75) is 78.6 Å². The van der Waals surface area contributed by atoms with Gasteiger partial charge in [-0.05, 0) is 55.1 Å². The molecule has 0 aliphatic rings. The summed E-state index contributed by atoms with van der Waals surface area (Å²) in [5.41, 5.74) is 1.79. The van der Waals surface area contributed by atoms with Gasteiger partial charge in [-0.15, -0.1) is 0 Å². The fourth-order valence-corrected chi connectivity index (χ4v) is 4.75. The van der Waals surface area contributed by atoms with Crippen LogP contribution in [0.3, 0.4) is 0 Å². The molecule has 1 rings (SSSR count). The quantitative estimate of drug-likeness (QED) is 0.171. The number of carbonyl (C=O) groups excluding carboxylic acids is 4. The van der Waals surface area contributed by atoms with Gasteiger partial charge >= 0.3 is 0 Å². The second-order valence-corrected chi connectivity index (χ2v) is 10.3. The van der Waals surface area contributed by atoms with E-state index in [1.54, 1.807) is 0 Å². The van der Waals surface area contributed by atoms with E-state index >= 15 is 0 Å². The highest BCUT2D eigenvalue weighted by Crippen LogP contribution is 2.39. The summed E-state index contributed by atoms with van der Waals surface area (Å²) in [7, 11) is 1.81. The van der Waals surface area contributed by atoms with Crippen LogP contribution in [0, 0.1) is 5.41 Å². The highest BCUT2D eigenvalue weighted by atomic mass is 32.1. The van der Waals surface area contributed by atoms with Crippen LogP contribution in [0.25, 0.3) is 0 Å². The number of benzene rings is 1. The van der Waals surface area contributed by atoms with Crippen molar-refractivity contribution in [3.05, 3.63) is 35.4 Å². The van der Waals surface area contributed by atoms with Crippen LogP contribution in [0.2, 0.25) is 0 Å². The number of hydrogen-bond donors (Lipinski definition) is 4. The van der Waals surface area contributed by atoms with Crippen molar-refractivity contribution in [1.29, 1.82) is 0 Å². The molecular weight excluding hydrogens is 488 g/mol. The van der Waals surface area contributed by atoms with E-state index in [1.165, 1.54) is 20.8 Å². The Bertz CT molecular complexity index is 847. The smallest absolute Gasteiger partial charge is 0.216 e. The molecule has 0 atom stereocenters. The van der Waals surface area contributed by atoms with Gasteiger partial charge in [0.2, 0.25) is 17.7 Å². The number of amides is 3. The first-order valence-corrected chi connectivity index (χ1v) is 13.5. The van der Waals surface area contributed by atoms with E-state index in [0.717, 1.165) is 54.6 Å². The minimum atomic E-state index is -0.272. The van der Waals surface area contributed by atoms with Gasteiger partial charge in [-0.25, -0.2) is 0 Å². The molecule has 0 aromatic heterocycles. The van der Waals surface area contributed by atoms with Gasteiger partial charge in [0.05, 0.1) is 4.99 Å². The molecular formula is C28H44N4O4S. The maximum absolute atomic E-state index is 13.3. The number of ketones is 1. The predicted molar refractivity (Wildman–Crippen MR) is 151 cm³/mol. The van der Waals surface area contributed by atoms with E-state index in [-0.39, 0.29) is 28.9 Å². The molecule has 0 aliphatic heterocycles. The number of nitrogens with one attached hydrogen (secondary N) is 4. The molecule has 3 amide bonds. The van der Waals surface area contributed by atoms with Gasteiger partial charge in [0.25, 0.3) is 0 Å². The Morgan fingerprint density at radius 3 is 1.43 bits per heavy atom. The van der Waals surface area contributed by atoms with E-state index < -0.39 is 0 Å². The van der Waals surface area contributed by atoms with Crippen LogP contribution in [-0.4, -0.2) is 55.2 Å². The molecule has 0 unspecified atom stereocenters. The average molecular weight is 533 g/mol. The largest absolute Gasteiger partial charge is 0.382 e. The van der Waals surface area contributed by atoms with Crippen molar-refractivity contribution in [3.63, 3.8) is 0 Å². The van der Waals surface area contributed by atoms with Crippen molar-refractivity contribution < 1.29 is 19.2 Å². The summed E-state index contributed by atoms with van der Waals surface area (Å²) in [5.74, 6) is -0.0529. The normalized spacial score (nSPS) is 10.9. The predicted octanol–water partition coefficient (Wildman–Crippen LogP) is 3.01. The van der Waals surface area contributed by atoms with Crippen LogP contribution < -0.4 is 21.3 Å². The first-order chi connectivity index (χ1) is 17.5. The monoisotopic (exact) mass is 532 g/mol. The lowest BCUT2D eigenvalue weighted by Gasteiger charge is -2.34. The van der Waals surface area contributed by atoms with Crippen LogP contribution in [-0.2, 0) is 32.0 Å². The topological polar surface area (TPSA) is 116 Å². The molecule has 0 aliphatic carbocycles. The molecule has 0 fully saturated rings. The van der Waals surface area contributed by atoms with Gasteiger partial charge in [-0.1, -0.05) is 36.5 Å². The SMILES string of the molecule is CNC(=S)Cc1ccc(CC(=O)CC(CCCNC(C)=O)(CCCNC(C)=O)CCCNC(C)=O)cc1. The third kappa shape index (κ3) is 15.1. The van der Waals surface area contributed by atoms with Gasteiger partial charge in [0.1, 0.15) is 5.78 Å². The lowest BCUT2D eigenvalue weighted by atomic mass is 9.71. The van der Waals surface area contributed by atoms with Crippen LogP contribution in [0.5, 0.6) is 0 Å². The van der Waals surface area contributed by atoms with E-state index in [2.05, 4.69) is 21.3 Å². The number of rotatable bonds is 18. The van der Waals surface area contributed by atoms with E-state index in [1.807, 2.05) is 31.3 Å². The zero-order valence-electron chi connectivity index (χ0n) is 22.8. The van der Waals surface area contributed by atoms with Crippen molar-refractivity contribution in [1.82, 2.24) is 21.3 Å². The van der Waals surface area contributed by atoms with Crippen LogP contribution >= 0.6 is 12.2 Å². The van der Waals surface area contributed by atoms with Crippen LogP contribution in [0.4, 0.5) is 0 Å². The minimum absolute atomic E-state index is 0.0723. The Kier molecular flexibility index (Phi) is 15.3. The van der Waals surface area contributed by atoms with Crippen molar-refractivity contribution in [2.75, 3.05) is 26.7 Å². The Morgan fingerprint density at radius 1 is 0.703 bits per heavy atom. The van der Waals surface area contributed by atoms with Gasteiger partial charge in [-0.2, -0.15) is 0 Å². The molecule has 4 N–H and O–H groups in total.